The first-order chi connectivity index (χ1) is 7.31. The first-order valence-corrected chi connectivity index (χ1v) is 4.32. The van der Waals surface area contributed by atoms with Gasteiger partial charge in [-0.3, -0.25) is 9.59 Å². The highest BCUT2D eigenvalue weighted by atomic mass is 19.4. The van der Waals surface area contributed by atoms with Crippen molar-refractivity contribution in [1.82, 2.24) is 10.2 Å². The van der Waals surface area contributed by atoms with Crippen LogP contribution in [0.1, 0.15) is 6.92 Å². The largest absolute Gasteiger partial charge is 0.406 e. The number of rotatable bonds is 3. The summed E-state index contributed by atoms with van der Waals surface area (Å²) in [6.07, 6.45) is -4.55. The smallest absolute Gasteiger partial charge is 0.335 e. The zero-order valence-electron chi connectivity index (χ0n) is 8.47. The summed E-state index contributed by atoms with van der Waals surface area (Å²) in [5.74, 6) is -2.51. The van der Waals surface area contributed by atoms with Gasteiger partial charge in [-0.05, 0) is 6.92 Å². The maximum atomic E-state index is 12.0. The molecule has 0 unspecified atom stereocenters. The van der Waals surface area contributed by atoms with Crippen LogP contribution in [-0.4, -0.2) is 42.5 Å². The summed E-state index contributed by atoms with van der Waals surface area (Å²) in [5, 5.41) is 9.98. The van der Waals surface area contributed by atoms with E-state index >= 15 is 0 Å². The molecule has 2 amide bonds. The fourth-order valence-corrected chi connectivity index (χ4v) is 0.883. The van der Waals surface area contributed by atoms with Crippen molar-refractivity contribution in [1.29, 1.82) is 5.26 Å². The molecule has 5 nitrogen and oxygen atoms in total. The van der Waals surface area contributed by atoms with E-state index in [1.165, 1.54) is 13.0 Å². The molecule has 16 heavy (non-hydrogen) atoms. The van der Waals surface area contributed by atoms with E-state index in [1.54, 1.807) is 0 Å². The minimum Gasteiger partial charge on any atom is -0.335 e. The number of alkyl halides is 3. The highest BCUT2D eigenvalue weighted by molar-refractivity contribution is 6.35. The van der Waals surface area contributed by atoms with Crippen molar-refractivity contribution in [2.75, 3.05) is 19.6 Å². The molecular formula is C8H10F3N3O2. The van der Waals surface area contributed by atoms with Crippen molar-refractivity contribution in [2.45, 2.75) is 13.1 Å². The third kappa shape index (κ3) is 5.19. The fraction of sp³-hybridized carbons (Fsp3) is 0.625. The van der Waals surface area contributed by atoms with Crippen LogP contribution >= 0.6 is 0 Å². The Balaban J connectivity index is 4.43. The van der Waals surface area contributed by atoms with Crippen LogP contribution in [0, 0.1) is 11.3 Å². The van der Waals surface area contributed by atoms with E-state index in [1.807, 2.05) is 5.32 Å². The standard InChI is InChI=1S/C8H10F3N3O2/c1-2-14(5-8(9,10)11)7(16)6(15)13-4-3-12/h2,4-5H2,1H3,(H,13,15). The number of nitriles is 1. The molecule has 0 fully saturated rings. The van der Waals surface area contributed by atoms with Crippen LogP contribution in [0.4, 0.5) is 13.2 Å². The minimum atomic E-state index is -4.55. The summed E-state index contributed by atoms with van der Waals surface area (Å²) in [7, 11) is 0. The van der Waals surface area contributed by atoms with Crippen LogP contribution in [0.3, 0.4) is 0 Å². The Morgan fingerprint density at radius 3 is 2.38 bits per heavy atom. The van der Waals surface area contributed by atoms with Crippen LogP contribution in [-0.2, 0) is 9.59 Å². The topological polar surface area (TPSA) is 73.2 Å². The summed E-state index contributed by atoms with van der Waals surface area (Å²) in [6.45, 7) is -0.823. The number of nitrogens with zero attached hydrogens (tertiary/aromatic N) is 2. The molecule has 0 aliphatic carbocycles. The lowest BCUT2D eigenvalue weighted by atomic mass is 10.4. The van der Waals surface area contributed by atoms with Crippen molar-refractivity contribution in [2.24, 2.45) is 0 Å². The maximum Gasteiger partial charge on any atom is 0.406 e. The first-order valence-electron chi connectivity index (χ1n) is 4.32. The van der Waals surface area contributed by atoms with Crippen LogP contribution in [0.15, 0.2) is 0 Å². The second-order valence-corrected chi connectivity index (χ2v) is 2.78. The van der Waals surface area contributed by atoms with Gasteiger partial charge in [0.25, 0.3) is 0 Å². The molecule has 0 bridgehead atoms. The van der Waals surface area contributed by atoms with E-state index in [0.29, 0.717) is 4.90 Å². The third-order valence-electron chi connectivity index (χ3n) is 1.56. The van der Waals surface area contributed by atoms with Gasteiger partial charge in [0.1, 0.15) is 13.1 Å². The zero-order chi connectivity index (χ0) is 12.8. The lowest BCUT2D eigenvalue weighted by molar-refractivity contribution is -0.164. The summed E-state index contributed by atoms with van der Waals surface area (Å²) < 4.78 is 36.0. The summed E-state index contributed by atoms with van der Waals surface area (Å²) in [5.41, 5.74) is 0. The van der Waals surface area contributed by atoms with Crippen molar-refractivity contribution in [3.05, 3.63) is 0 Å². The average Bonchev–Trinajstić information content (AvgIpc) is 2.20. The molecule has 8 heteroatoms. The number of halogens is 3. The van der Waals surface area contributed by atoms with Crippen molar-refractivity contribution in [3.8, 4) is 6.07 Å². The number of carbonyl (C=O) groups excluding carboxylic acids is 2. The molecule has 0 aromatic rings. The lowest BCUT2D eigenvalue weighted by Gasteiger charge is -2.21. The Morgan fingerprint density at radius 1 is 1.44 bits per heavy atom. The number of likely N-dealkylation sites (N-methyl/N-ethyl adjacent to an activating group) is 1. The second kappa shape index (κ2) is 5.95. The third-order valence-corrected chi connectivity index (χ3v) is 1.56. The monoisotopic (exact) mass is 237 g/mol. The number of hydrogen-bond donors (Lipinski definition) is 1. The van der Waals surface area contributed by atoms with Gasteiger partial charge in [0.05, 0.1) is 6.07 Å². The van der Waals surface area contributed by atoms with Gasteiger partial charge in [0.2, 0.25) is 0 Å². The summed E-state index contributed by atoms with van der Waals surface area (Å²) in [6, 6.07) is 1.53. The Morgan fingerprint density at radius 2 is 2.00 bits per heavy atom. The number of amides is 2. The predicted molar refractivity (Wildman–Crippen MR) is 46.9 cm³/mol. The van der Waals surface area contributed by atoms with Gasteiger partial charge in [-0.25, -0.2) is 0 Å². The Hall–Kier alpha value is -1.78. The fourth-order valence-electron chi connectivity index (χ4n) is 0.883. The number of hydrogen-bond acceptors (Lipinski definition) is 3. The molecule has 0 atom stereocenters. The molecule has 0 rings (SSSR count). The van der Waals surface area contributed by atoms with E-state index in [2.05, 4.69) is 0 Å². The molecule has 0 spiro atoms. The van der Waals surface area contributed by atoms with Gasteiger partial charge in [0.15, 0.2) is 0 Å². The molecule has 0 aromatic heterocycles. The van der Waals surface area contributed by atoms with E-state index in [9.17, 15) is 22.8 Å². The van der Waals surface area contributed by atoms with Crippen LogP contribution < -0.4 is 5.32 Å². The molecular weight excluding hydrogens is 227 g/mol. The highest BCUT2D eigenvalue weighted by Crippen LogP contribution is 2.16. The Labute approximate surface area is 89.8 Å². The normalized spacial score (nSPS) is 10.4. The molecule has 1 N–H and O–H groups in total. The maximum absolute atomic E-state index is 12.0. The molecule has 90 valence electrons. The van der Waals surface area contributed by atoms with E-state index in [-0.39, 0.29) is 6.54 Å². The number of nitrogens with one attached hydrogen (secondary N) is 1. The molecule has 0 aromatic carbocycles. The molecule has 0 saturated carbocycles. The second-order valence-electron chi connectivity index (χ2n) is 2.78. The van der Waals surface area contributed by atoms with Gasteiger partial charge in [-0.15, -0.1) is 0 Å². The van der Waals surface area contributed by atoms with Crippen molar-refractivity contribution >= 4 is 11.8 Å². The van der Waals surface area contributed by atoms with Crippen LogP contribution in [0.25, 0.3) is 0 Å². The molecule has 0 heterocycles. The quantitative estimate of drug-likeness (QED) is 0.556. The lowest BCUT2D eigenvalue weighted by Crippen LogP contribution is -2.46. The van der Waals surface area contributed by atoms with Gasteiger partial charge < -0.3 is 10.2 Å². The van der Waals surface area contributed by atoms with E-state index in [0.717, 1.165) is 0 Å². The van der Waals surface area contributed by atoms with E-state index < -0.39 is 31.1 Å². The van der Waals surface area contributed by atoms with Gasteiger partial charge in [0, 0.05) is 6.54 Å². The van der Waals surface area contributed by atoms with Gasteiger partial charge in [-0.1, -0.05) is 0 Å². The summed E-state index contributed by atoms with van der Waals surface area (Å²) in [4.78, 5) is 22.5. The highest BCUT2D eigenvalue weighted by Gasteiger charge is 2.34. The Bertz CT molecular complexity index is 309. The molecule has 0 aliphatic heterocycles. The first kappa shape index (κ1) is 14.2. The van der Waals surface area contributed by atoms with Crippen LogP contribution in [0.5, 0.6) is 0 Å². The van der Waals surface area contributed by atoms with Gasteiger partial charge >= 0.3 is 18.0 Å². The molecule has 0 saturated heterocycles. The predicted octanol–water partition coefficient (Wildman–Crippen LogP) is 0.0370. The van der Waals surface area contributed by atoms with Gasteiger partial charge in [-0.2, -0.15) is 18.4 Å². The zero-order valence-corrected chi connectivity index (χ0v) is 8.47. The molecule has 0 aliphatic rings. The minimum absolute atomic E-state index is 0.238. The van der Waals surface area contributed by atoms with Crippen molar-refractivity contribution < 1.29 is 22.8 Å². The Kier molecular flexibility index (Phi) is 5.29. The van der Waals surface area contributed by atoms with E-state index in [4.69, 9.17) is 5.26 Å². The number of carbonyl (C=O) groups is 2. The SMILES string of the molecule is CCN(CC(F)(F)F)C(=O)C(=O)NCC#N. The molecule has 0 radical (unpaired) electrons. The summed E-state index contributed by atoms with van der Waals surface area (Å²) >= 11 is 0. The van der Waals surface area contributed by atoms with Crippen LogP contribution in [0.2, 0.25) is 0 Å². The average molecular weight is 237 g/mol. The van der Waals surface area contributed by atoms with Crippen molar-refractivity contribution in [3.63, 3.8) is 0 Å².